The minimum absolute atomic E-state index is 0.132. The van der Waals surface area contributed by atoms with Crippen molar-refractivity contribution in [2.24, 2.45) is 5.92 Å². The number of ether oxygens (including phenoxy) is 3. The Bertz CT molecular complexity index is 641. The summed E-state index contributed by atoms with van der Waals surface area (Å²) in [5.74, 6) is 0.472. The summed E-state index contributed by atoms with van der Waals surface area (Å²) in [7, 11) is 2.94. The van der Waals surface area contributed by atoms with E-state index in [1.165, 1.54) is 13.2 Å². The van der Waals surface area contributed by atoms with Gasteiger partial charge in [-0.15, -0.1) is 0 Å². The molecule has 0 aliphatic rings. The molecule has 6 heteroatoms. The zero-order chi connectivity index (χ0) is 20.2. The molecule has 0 bridgehead atoms. The summed E-state index contributed by atoms with van der Waals surface area (Å²) in [4.78, 5) is 26.0. The van der Waals surface area contributed by atoms with Gasteiger partial charge in [-0.05, 0) is 37.1 Å². The first-order valence-corrected chi connectivity index (χ1v) is 9.32. The Morgan fingerprint density at radius 2 is 1.93 bits per heavy atom. The maximum absolute atomic E-state index is 12.6. The number of rotatable bonds is 11. The van der Waals surface area contributed by atoms with Crippen molar-refractivity contribution in [3.63, 3.8) is 0 Å². The minimum atomic E-state index is -0.366. The second kappa shape index (κ2) is 12.0. The molecule has 150 valence electrons. The van der Waals surface area contributed by atoms with Crippen LogP contribution < -0.4 is 9.47 Å². The van der Waals surface area contributed by atoms with Crippen molar-refractivity contribution in [1.29, 1.82) is 0 Å². The maximum atomic E-state index is 12.6. The second-order valence-electron chi connectivity index (χ2n) is 6.24. The first-order valence-electron chi connectivity index (χ1n) is 9.32. The number of methoxy groups -OCH3 is 2. The molecule has 1 unspecified atom stereocenters. The van der Waals surface area contributed by atoms with Gasteiger partial charge >= 0.3 is 5.97 Å². The van der Waals surface area contributed by atoms with Gasteiger partial charge in [-0.3, -0.25) is 9.59 Å². The van der Waals surface area contributed by atoms with E-state index in [1.807, 2.05) is 25.1 Å². The number of nitrogens with zero attached hydrogens (tertiary/aromatic N) is 1. The van der Waals surface area contributed by atoms with E-state index >= 15 is 0 Å². The van der Waals surface area contributed by atoms with Gasteiger partial charge in [-0.1, -0.05) is 26.3 Å². The lowest BCUT2D eigenvalue weighted by molar-refractivity contribution is -0.146. The number of amides is 1. The van der Waals surface area contributed by atoms with Crippen molar-refractivity contribution in [2.45, 2.75) is 33.6 Å². The van der Waals surface area contributed by atoms with Gasteiger partial charge < -0.3 is 19.1 Å². The number of unbranched alkanes of at least 4 members (excludes halogenated alkanes) is 1. The molecule has 0 fully saturated rings. The molecule has 1 rings (SSSR count). The van der Waals surface area contributed by atoms with E-state index in [2.05, 4.69) is 6.92 Å². The molecule has 0 saturated heterocycles. The summed E-state index contributed by atoms with van der Waals surface area (Å²) < 4.78 is 15.6. The van der Waals surface area contributed by atoms with E-state index < -0.39 is 0 Å². The molecule has 0 heterocycles. The first-order chi connectivity index (χ1) is 13.0. The molecular formula is C21H31NO5. The van der Waals surface area contributed by atoms with Crippen LogP contribution in [0.25, 0.3) is 6.08 Å². The average molecular weight is 377 g/mol. The lowest BCUT2D eigenvalue weighted by Crippen LogP contribution is -2.37. The Balaban J connectivity index is 2.88. The lowest BCUT2D eigenvalue weighted by Gasteiger charge is -2.23. The Morgan fingerprint density at radius 1 is 1.19 bits per heavy atom. The zero-order valence-corrected chi connectivity index (χ0v) is 17.0. The van der Waals surface area contributed by atoms with Crippen LogP contribution in [-0.2, 0) is 14.3 Å². The van der Waals surface area contributed by atoms with E-state index in [0.717, 1.165) is 18.4 Å². The number of hydrogen-bond acceptors (Lipinski definition) is 5. The quantitative estimate of drug-likeness (QED) is 0.436. The summed E-state index contributed by atoms with van der Waals surface area (Å²) >= 11 is 0. The molecule has 0 aliphatic heterocycles. The molecule has 0 aliphatic carbocycles. The monoisotopic (exact) mass is 377 g/mol. The first kappa shape index (κ1) is 22.5. The minimum Gasteiger partial charge on any atom is -0.493 e. The predicted molar refractivity (Wildman–Crippen MR) is 106 cm³/mol. The Kier molecular flexibility index (Phi) is 10.0. The number of carbonyl (C=O) groups is 2. The molecule has 0 radical (unpaired) electrons. The van der Waals surface area contributed by atoms with Crippen LogP contribution in [0.15, 0.2) is 24.3 Å². The zero-order valence-electron chi connectivity index (χ0n) is 17.0. The van der Waals surface area contributed by atoms with Gasteiger partial charge in [0.15, 0.2) is 11.5 Å². The third-order valence-electron chi connectivity index (χ3n) is 4.10. The van der Waals surface area contributed by atoms with Gasteiger partial charge in [0.2, 0.25) is 5.91 Å². The van der Waals surface area contributed by atoms with Crippen LogP contribution >= 0.6 is 0 Å². The third-order valence-corrected chi connectivity index (χ3v) is 4.10. The molecule has 1 amide bonds. The number of benzene rings is 1. The Hall–Kier alpha value is -2.50. The molecule has 27 heavy (non-hydrogen) atoms. The van der Waals surface area contributed by atoms with Crippen LogP contribution in [-0.4, -0.2) is 50.7 Å². The fourth-order valence-corrected chi connectivity index (χ4v) is 2.58. The van der Waals surface area contributed by atoms with Crippen molar-refractivity contribution in [3.05, 3.63) is 29.8 Å². The molecule has 6 nitrogen and oxygen atoms in total. The van der Waals surface area contributed by atoms with E-state index in [4.69, 9.17) is 14.2 Å². The predicted octanol–water partition coefficient (Wildman–Crippen LogP) is 3.54. The van der Waals surface area contributed by atoms with Crippen LogP contribution in [0.5, 0.6) is 11.5 Å². The molecule has 0 aromatic heterocycles. The van der Waals surface area contributed by atoms with E-state index in [-0.39, 0.29) is 17.8 Å². The third kappa shape index (κ3) is 7.33. The Morgan fingerprint density at radius 3 is 2.52 bits per heavy atom. The molecule has 0 N–H and O–H groups in total. The SMILES string of the molecule is CCCCN(CC(C)C(=O)OC)C(=O)/C=C/c1ccc(OCC)c(OC)c1. The second-order valence-corrected chi connectivity index (χ2v) is 6.24. The van der Waals surface area contributed by atoms with Crippen LogP contribution in [0, 0.1) is 5.92 Å². The van der Waals surface area contributed by atoms with Gasteiger partial charge in [0.25, 0.3) is 0 Å². The van der Waals surface area contributed by atoms with Crippen molar-refractivity contribution in [1.82, 2.24) is 4.90 Å². The molecule has 0 saturated carbocycles. The highest BCUT2D eigenvalue weighted by molar-refractivity contribution is 5.92. The molecular weight excluding hydrogens is 346 g/mol. The van der Waals surface area contributed by atoms with Crippen molar-refractivity contribution in [2.75, 3.05) is 33.9 Å². The normalized spacial score (nSPS) is 11.9. The van der Waals surface area contributed by atoms with Crippen molar-refractivity contribution >= 4 is 18.0 Å². The molecule has 1 aromatic rings. The van der Waals surface area contributed by atoms with Gasteiger partial charge in [0.05, 0.1) is 26.7 Å². The van der Waals surface area contributed by atoms with Crippen LogP contribution in [0.4, 0.5) is 0 Å². The fraction of sp³-hybridized carbons (Fsp3) is 0.524. The van der Waals surface area contributed by atoms with Crippen molar-refractivity contribution < 1.29 is 23.8 Å². The van der Waals surface area contributed by atoms with E-state index in [1.54, 1.807) is 25.0 Å². The topological polar surface area (TPSA) is 65.1 Å². The van der Waals surface area contributed by atoms with Gasteiger partial charge in [0, 0.05) is 19.2 Å². The summed E-state index contributed by atoms with van der Waals surface area (Å²) in [5.41, 5.74) is 0.833. The average Bonchev–Trinajstić information content (AvgIpc) is 2.69. The van der Waals surface area contributed by atoms with E-state index in [0.29, 0.717) is 31.2 Å². The largest absolute Gasteiger partial charge is 0.493 e. The van der Waals surface area contributed by atoms with E-state index in [9.17, 15) is 9.59 Å². The molecule has 1 aromatic carbocycles. The highest BCUT2D eigenvalue weighted by atomic mass is 16.5. The van der Waals surface area contributed by atoms with Crippen molar-refractivity contribution in [3.8, 4) is 11.5 Å². The lowest BCUT2D eigenvalue weighted by atomic mass is 10.1. The highest BCUT2D eigenvalue weighted by Crippen LogP contribution is 2.28. The standard InChI is InChI=1S/C21H31NO5/c1-6-8-13-22(15-16(3)21(24)26-5)20(23)12-10-17-9-11-18(27-7-2)19(14-17)25-4/h9-12,14,16H,6-8,13,15H2,1-5H3/b12-10+. The van der Waals surface area contributed by atoms with Gasteiger partial charge in [0.1, 0.15) is 0 Å². The maximum Gasteiger partial charge on any atom is 0.310 e. The number of carbonyl (C=O) groups excluding carboxylic acids is 2. The summed E-state index contributed by atoms with van der Waals surface area (Å²) in [6.45, 7) is 7.23. The molecule has 0 spiro atoms. The Labute approximate surface area is 162 Å². The number of hydrogen-bond donors (Lipinski definition) is 0. The van der Waals surface area contributed by atoms with Crippen LogP contribution in [0.2, 0.25) is 0 Å². The smallest absolute Gasteiger partial charge is 0.310 e. The fourth-order valence-electron chi connectivity index (χ4n) is 2.58. The molecule has 1 atom stereocenters. The number of esters is 1. The van der Waals surface area contributed by atoms with Gasteiger partial charge in [-0.25, -0.2) is 0 Å². The van der Waals surface area contributed by atoms with Crippen LogP contribution in [0.1, 0.15) is 39.2 Å². The summed E-state index contributed by atoms with van der Waals surface area (Å²) in [6, 6.07) is 5.51. The summed E-state index contributed by atoms with van der Waals surface area (Å²) in [5, 5.41) is 0. The summed E-state index contributed by atoms with van der Waals surface area (Å²) in [6.07, 6.45) is 5.11. The highest BCUT2D eigenvalue weighted by Gasteiger charge is 2.20. The van der Waals surface area contributed by atoms with Crippen LogP contribution in [0.3, 0.4) is 0 Å². The van der Waals surface area contributed by atoms with Gasteiger partial charge in [-0.2, -0.15) is 0 Å².